The number of hydrogen-bond acceptors (Lipinski definition) is 3. The Morgan fingerprint density at radius 3 is 1.33 bits per heavy atom. The molecule has 0 bridgehead atoms. The molecule has 10 rings (SSSR count). The highest BCUT2D eigenvalue weighted by molar-refractivity contribution is 5.87. The van der Waals surface area contributed by atoms with Crippen LogP contribution in [0.1, 0.15) is 27.8 Å². The van der Waals surface area contributed by atoms with Crippen LogP contribution in [0.25, 0.3) is 67.3 Å². The van der Waals surface area contributed by atoms with Gasteiger partial charge in [-0.3, -0.25) is 0 Å². The summed E-state index contributed by atoms with van der Waals surface area (Å²) >= 11 is 0. The van der Waals surface area contributed by atoms with Crippen molar-refractivity contribution in [2.75, 3.05) is 0 Å². The summed E-state index contributed by atoms with van der Waals surface area (Å²) in [6.45, 7) is 0. The minimum absolute atomic E-state index is 0.582. The van der Waals surface area contributed by atoms with Gasteiger partial charge in [0, 0.05) is 16.7 Å². The third-order valence-corrected chi connectivity index (χ3v) is 11.2. The Labute approximate surface area is 332 Å². The molecule has 0 amide bonds. The molecule has 3 heteroatoms. The Morgan fingerprint density at radius 1 is 0.351 bits per heavy atom. The van der Waals surface area contributed by atoms with Crippen LogP contribution in [-0.2, 0) is 5.41 Å². The zero-order valence-electron chi connectivity index (χ0n) is 31.0. The van der Waals surface area contributed by atoms with Crippen molar-refractivity contribution in [3.05, 3.63) is 240 Å². The normalized spacial score (nSPS) is 12.3. The van der Waals surface area contributed by atoms with Crippen molar-refractivity contribution in [3.63, 3.8) is 0 Å². The lowest BCUT2D eigenvalue weighted by molar-refractivity contribution is 0.769. The molecule has 0 spiro atoms. The van der Waals surface area contributed by atoms with Crippen LogP contribution in [0.2, 0.25) is 0 Å². The molecule has 1 aliphatic rings. The standard InChI is InChI=1S/C54H35N3/c55-36-37-28-30-38(31-29-37)42-19-12-22-45(33-42)54(49-26-9-7-24-47(49)48-25-8-10-27-50(48)54)46-23-13-20-43(34-46)41-18-11-21-44(32-41)53-56-51(39-14-3-1-4-15-39)35-52(57-53)40-16-5-2-6-17-40/h1-35H. The molecule has 57 heavy (non-hydrogen) atoms. The number of hydrogen-bond donors (Lipinski definition) is 0. The smallest absolute Gasteiger partial charge is 0.160 e. The van der Waals surface area contributed by atoms with Crippen LogP contribution in [0, 0.1) is 11.3 Å². The molecule has 0 atom stereocenters. The Bertz CT molecular complexity index is 2860. The first-order chi connectivity index (χ1) is 28.2. The van der Waals surface area contributed by atoms with Crippen LogP contribution in [0.15, 0.2) is 212 Å². The summed E-state index contributed by atoms with van der Waals surface area (Å²) < 4.78 is 0. The Morgan fingerprint density at radius 2 is 0.789 bits per heavy atom. The predicted octanol–water partition coefficient (Wildman–Crippen LogP) is 13.0. The molecule has 1 heterocycles. The minimum atomic E-state index is -0.582. The van der Waals surface area contributed by atoms with Gasteiger partial charge in [-0.15, -0.1) is 0 Å². The van der Waals surface area contributed by atoms with Crippen molar-refractivity contribution in [3.8, 4) is 73.4 Å². The van der Waals surface area contributed by atoms with Crippen LogP contribution in [0.5, 0.6) is 0 Å². The lowest BCUT2D eigenvalue weighted by Gasteiger charge is -2.34. The van der Waals surface area contributed by atoms with E-state index in [-0.39, 0.29) is 0 Å². The molecule has 266 valence electrons. The number of nitriles is 1. The third-order valence-electron chi connectivity index (χ3n) is 11.2. The van der Waals surface area contributed by atoms with Crippen LogP contribution in [0.3, 0.4) is 0 Å². The van der Waals surface area contributed by atoms with Gasteiger partial charge in [0.05, 0.1) is 28.4 Å². The molecule has 0 fully saturated rings. The van der Waals surface area contributed by atoms with E-state index in [1.54, 1.807) is 0 Å². The van der Waals surface area contributed by atoms with E-state index in [1.165, 1.54) is 33.4 Å². The van der Waals surface area contributed by atoms with Crippen molar-refractivity contribution in [1.82, 2.24) is 9.97 Å². The number of aromatic nitrogens is 2. The first-order valence-electron chi connectivity index (χ1n) is 19.2. The van der Waals surface area contributed by atoms with Crippen LogP contribution in [-0.4, -0.2) is 9.97 Å². The van der Waals surface area contributed by atoms with Gasteiger partial charge in [-0.05, 0) is 92.0 Å². The fraction of sp³-hybridized carbons (Fsp3) is 0.0185. The molecule has 8 aromatic carbocycles. The van der Waals surface area contributed by atoms with E-state index in [9.17, 15) is 5.26 Å². The largest absolute Gasteiger partial charge is 0.228 e. The second-order valence-corrected chi connectivity index (χ2v) is 14.5. The fourth-order valence-corrected chi connectivity index (χ4v) is 8.55. The highest BCUT2D eigenvalue weighted by Gasteiger charge is 2.46. The summed E-state index contributed by atoms with van der Waals surface area (Å²) in [5.41, 5.74) is 16.7. The van der Waals surface area contributed by atoms with Gasteiger partial charge in [0.1, 0.15) is 0 Å². The van der Waals surface area contributed by atoms with Gasteiger partial charge in [-0.1, -0.05) is 176 Å². The minimum Gasteiger partial charge on any atom is -0.228 e. The molecule has 0 saturated heterocycles. The summed E-state index contributed by atoms with van der Waals surface area (Å²) in [7, 11) is 0. The zero-order chi connectivity index (χ0) is 38.2. The molecule has 1 aliphatic carbocycles. The lowest BCUT2D eigenvalue weighted by Crippen LogP contribution is -2.28. The van der Waals surface area contributed by atoms with Gasteiger partial charge < -0.3 is 0 Å². The molecule has 3 nitrogen and oxygen atoms in total. The van der Waals surface area contributed by atoms with E-state index in [0.29, 0.717) is 11.4 Å². The molecule has 0 saturated carbocycles. The maximum absolute atomic E-state index is 9.46. The maximum atomic E-state index is 9.46. The van der Waals surface area contributed by atoms with E-state index in [2.05, 4.69) is 158 Å². The summed E-state index contributed by atoms with van der Waals surface area (Å²) in [4.78, 5) is 10.3. The van der Waals surface area contributed by atoms with E-state index in [4.69, 9.17) is 9.97 Å². The van der Waals surface area contributed by atoms with Gasteiger partial charge in [0.2, 0.25) is 0 Å². The first-order valence-corrected chi connectivity index (χ1v) is 19.2. The molecule has 0 radical (unpaired) electrons. The van der Waals surface area contributed by atoms with Crippen molar-refractivity contribution < 1.29 is 0 Å². The van der Waals surface area contributed by atoms with Gasteiger partial charge in [0.15, 0.2) is 5.82 Å². The zero-order valence-corrected chi connectivity index (χ0v) is 31.0. The van der Waals surface area contributed by atoms with Crippen LogP contribution >= 0.6 is 0 Å². The van der Waals surface area contributed by atoms with Gasteiger partial charge in [-0.2, -0.15) is 5.26 Å². The molecular weight excluding hydrogens is 691 g/mol. The van der Waals surface area contributed by atoms with Gasteiger partial charge in [-0.25, -0.2) is 9.97 Å². The van der Waals surface area contributed by atoms with Gasteiger partial charge in [0.25, 0.3) is 0 Å². The van der Waals surface area contributed by atoms with E-state index in [0.717, 1.165) is 50.3 Å². The average molecular weight is 726 g/mol. The molecular formula is C54H35N3. The second kappa shape index (κ2) is 14.2. The van der Waals surface area contributed by atoms with Crippen molar-refractivity contribution in [2.45, 2.75) is 5.41 Å². The highest BCUT2D eigenvalue weighted by Crippen LogP contribution is 2.56. The number of nitrogens with zero attached hydrogens (tertiary/aromatic N) is 3. The molecule has 0 N–H and O–H groups in total. The Balaban J connectivity index is 1.14. The summed E-state index contributed by atoms with van der Waals surface area (Å²) in [5.74, 6) is 0.683. The van der Waals surface area contributed by atoms with E-state index >= 15 is 0 Å². The Hall–Kier alpha value is -7.67. The third kappa shape index (κ3) is 5.92. The molecule has 1 aromatic heterocycles. The molecule has 9 aromatic rings. The lowest BCUT2D eigenvalue weighted by atomic mass is 9.67. The second-order valence-electron chi connectivity index (χ2n) is 14.5. The topological polar surface area (TPSA) is 49.6 Å². The van der Waals surface area contributed by atoms with Gasteiger partial charge >= 0.3 is 0 Å². The van der Waals surface area contributed by atoms with Crippen molar-refractivity contribution in [2.24, 2.45) is 0 Å². The number of rotatable bonds is 7. The summed E-state index contributed by atoms with van der Waals surface area (Å²) in [5, 5.41) is 9.46. The molecule has 0 unspecified atom stereocenters. The van der Waals surface area contributed by atoms with Crippen LogP contribution < -0.4 is 0 Å². The predicted molar refractivity (Wildman–Crippen MR) is 231 cm³/mol. The monoisotopic (exact) mass is 725 g/mol. The SMILES string of the molecule is N#Cc1ccc(-c2cccc(C3(c4cccc(-c5cccc(-c6nc(-c7ccccc7)cc(-c7ccccc7)n6)c5)c4)c4ccccc4-c4ccccc43)c2)cc1. The quantitative estimate of drug-likeness (QED) is 0.164. The number of benzene rings is 8. The van der Waals surface area contributed by atoms with Crippen LogP contribution in [0.4, 0.5) is 0 Å². The maximum Gasteiger partial charge on any atom is 0.160 e. The summed E-state index contributed by atoms with van der Waals surface area (Å²) in [6, 6.07) is 77.0. The molecule has 0 aliphatic heterocycles. The summed E-state index contributed by atoms with van der Waals surface area (Å²) in [6.07, 6.45) is 0. The first kappa shape index (κ1) is 33.9. The van der Waals surface area contributed by atoms with Crippen molar-refractivity contribution >= 4 is 0 Å². The Kier molecular flexibility index (Phi) is 8.43. The highest BCUT2D eigenvalue weighted by atomic mass is 14.9. The van der Waals surface area contributed by atoms with E-state index < -0.39 is 5.41 Å². The average Bonchev–Trinajstić information content (AvgIpc) is 3.61. The fourth-order valence-electron chi connectivity index (χ4n) is 8.55. The van der Waals surface area contributed by atoms with E-state index in [1.807, 2.05) is 60.7 Å². The van der Waals surface area contributed by atoms with Crippen molar-refractivity contribution in [1.29, 1.82) is 5.26 Å². The number of fused-ring (bicyclic) bond motifs is 3.